The van der Waals surface area contributed by atoms with E-state index in [1.54, 1.807) is 0 Å². The molecule has 2 aromatic heterocycles. The summed E-state index contributed by atoms with van der Waals surface area (Å²) in [4.78, 5) is 4.34. The van der Waals surface area contributed by atoms with Crippen molar-refractivity contribution in [3.8, 4) is 0 Å². The fourth-order valence-electron chi connectivity index (χ4n) is 1.72. The number of rotatable bonds is 1. The van der Waals surface area contributed by atoms with E-state index >= 15 is 0 Å². The van der Waals surface area contributed by atoms with Crippen LogP contribution in [0.5, 0.6) is 0 Å². The van der Waals surface area contributed by atoms with Crippen LogP contribution in [0.4, 0.5) is 0 Å². The largest absolute Gasteiger partial charge is 0.320 e. The minimum absolute atomic E-state index is 0.118. The van der Waals surface area contributed by atoms with Crippen LogP contribution in [-0.2, 0) is 5.54 Å². The van der Waals surface area contributed by atoms with E-state index in [2.05, 4.69) is 25.3 Å². The first-order chi connectivity index (χ1) is 6.69. The van der Waals surface area contributed by atoms with Crippen molar-refractivity contribution < 1.29 is 0 Å². The molecule has 0 unspecified atom stereocenters. The van der Waals surface area contributed by atoms with Crippen molar-refractivity contribution in [2.24, 2.45) is 5.73 Å². The molecule has 3 nitrogen and oxygen atoms in total. The zero-order valence-corrected chi connectivity index (χ0v) is 9.16. The summed E-state index contributed by atoms with van der Waals surface area (Å²) in [5.41, 5.74) is 8.10. The number of pyridine rings is 1. The molecule has 1 saturated carbocycles. The Balaban J connectivity index is 2.27. The van der Waals surface area contributed by atoms with Gasteiger partial charge < -0.3 is 10.1 Å². The number of imidazole rings is 1. The normalized spacial score (nSPS) is 18.7. The first kappa shape index (κ1) is 8.44. The number of fused-ring (bicyclic) bond motifs is 1. The average molecular weight is 252 g/mol. The van der Waals surface area contributed by atoms with Crippen molar-refractivity contribution in [2.45, 2.75) is 18.4 Å². The van der Waals surface area contributed by atoms with Gasteiger partial charge >= 0.3 is 0 Å². The summed E-state index contributed by atoms with van der Waals surface area (Å²) in [7, 11) is 0. The van der Waals surface area contributed by atoms with Gasteiger partial charge in [-0.1, -0.05) is 15.9 Å². The van der Waals surface area contributed by atoms with E-state index in [0.717, 1.165) is 28.7 Å². The maximum atomic E-state index is 6.14. The van der Waals surface area contributed by atoms with E-state index in [4.69, 9.17) is 5.73 Å². The topological polar surface area (TPSA) is 43.3 Å². The molecule has 0 amide bonds. The number of hydrogen-bond acceptors (Lipinski definition) is 2. The second-order valence-electron chi connectivity index (χ2n) is 3.87. The first-order valence-corrected chi connectivity index (χ1v) is 5.40. The molecule has 0 aliphatic heterocycles. The Morgan fingerprint density at radius 2 is 2.29 bits per heavy atom. The van der Waals surface area contributed by atoms with Crippen LogP contribution < -0.4 is 5.73 Å². The first-order valence-electron chi connectivity index (χ1n) is 4.61. The molecule has 0 spiro atoms. The number of hydrogen-bond donors (Lipinski definition) is 1. The number of nitrogens with two attached hydrogens (primary N) is 1. The van der Waals surface area contributed by atoms with Crippen LogP contribution in [-0.4, -0.2) is 9.38 Å². The molecule has 0 saturated heterocycles. The maximum Gasteiger partial charge on any atom is 0.138 e. The van der Waals surface area contributed by atoms with Gasteiger partial charge in [0.15, 0.2) is 0 Å². The van der Waals surface area contributed by atoms with Crippen LogP contribution >= 0.6 is 15.9 Å². The molecule has 0 atom stereocenters. The second kappa shape index (κ2) is 2.58. The van der Waals surface area contributed by atoms with Gasteiger partial charge in [-0.15, -0.1) is 0 Å². The van der Waals surface area contributed by atoms with E-state index in [1.807, 2.05) is 24.5 Å². The molecule has 2 heterocycles. The van der Waals surface area contributed by atoms with Gasteiger partial charge in [0.1, 0.15) is 5.65 Å². The Labute approximate surface area is 90.1 Å². The fourth-order valence-corrected chi connectivity index (χ4v) is 2.04. The molecular formula is C10H10BrN3. The summed E-state index contributed by atoms with van der Waals surface area (Å²) < 4.78 is 3.11. The maximum absolute atomic E-state index is 6.14. The van der Waals surface area contributed by atoms with Crippen LogP contribution in [0.1, 0.15) is 18.5 Å². The number of nitrogens with zero attached hydrogens (tertiary/aromatic N) is 2. The van der Waals surface area contributed by atoms with Crippen molar-refractivity contribution in [3.05, 3.63) is 34.7 Å². The highest BCUT2D eigenvalue weighted by Gasteiger charge is 2.42. The van der Waals surface area contributed by atoms with E-state index in [9.17, 15) is 0 Å². The molecule has 1 fully saturated rings. The van der Waals surface area contributed by atoms with Gasteiger partial charge in [-0.3, -0.25) is 0 Å². The zero-order chi connectivity index (χ0) is 9.76. The molecule has 1 aliphatic rings. The summed E-state index contributed by atoms with van der Waals surface area (Å²) in [6.07, 6.45) is 6.02. The minimum Gasteiger partial charge on any atom is -0.320 e. The van der Waals surface area contributed by atoms with E-state index in [1.165, 1.54) is 0 Å². The summed E-state index contributed by atoms with van der Waals surface area (Å²) in [5.74, 6) is 0. The van der Waals surface area contributed by atoms with E-state index in [-0.39, 0.29) is 5.54 Å². The molecule has 3 rings (SSSR count). The lowest BCUT2D eigenvalue weighted by atomic mass is 10.2. The lowest BCUT2D eigenvalue weighted by Gasteiger charge is -2.07. The molecular weight excluding hydrogens is 242 g/mol. The molecule has 72 valence electrons. The van der Waals surface area contributed by atoms with Crippen LogP contribution in [0.25, 0.3) is 5.65 Å². The summed E-state index contributed by atoms with van der Waals surface area (Å²) in [6.45, 7) is 0. The van der Waals surface area contributed by atoms with Crippen molar-refractivity contribution in [2.75, 3.05) is 0 Å². The Hall–Kier alpha value is -0.870. The van der Waals surface area contributed by atoms with Crippen LogP contribution in [0.3, 0.4) is 0 Å². The van der Waals surface area contributed by atoms with Gasteiger partial charge in [-0.25, -0.2) is 4.98 Å². The molecule has 4 heteroatoms. The summed E-state index contributed by atoms with van der Waals surface area (Å²) >= 11 is 3.42. The lowest BCUT2D eigenvalue weighted by Crippen LogP contribution is -2.20. The predicted molar refractivity (Wildman–Crippen MR) is 58.0 cm³/mol. The van der Waals surface area contributed by atoms with E-state index < -0.39 is 0 Å². The molecule has 14 heavy (non-hydrogen) atoms. The van der Waals surface area contributed by atoms with Crippen molar-refractivity contribution >= 4 is 21.6 Å². The van der Waals surface area contributed by atoms with Crippen molar-refractivity contribution in [1.29, 1.82) is 0 Å². The Kier molecular flexibility index (Phi) is 1.56. The third-order valence-electron chi connectivity index (χ3n) is 2.77. The Morgan fingerprint density at radius 1 is 1.50 bits per heavy atom. The van der Waals surface area contributed by atoms with Gasteiger partial charge in [0.05, 0.1) is 17.4 Å². The molecule has 2 N–H and O–H groups in total. The van der Waals surface area contributed by atoms with E-state index in [0.29, 0.717) is 0 Å². The number of aromatic nitrogens is 2. The van der Waals surface area contributed by atoms with Crippen molar-refractivity contribution in [1.82, 2.24) is 9.38 Å². The third-order valence-corrected chi connectivity index (χ3v) is 3.27. The summed E-state index contributed by atoms with van der Waals surface area (Å²) in [6, 6.07) is 4.00. The third kappa shape index (κ3) is 1.11. The minimum atomic E-state index is -0.118. The molecule has 1 aliphatic carbocycles. The second-order valence-corrected chi connectivity index (χ2v) is 4.79. The smallest absolute Gasteiger partial charge is 0.138 e. The predicted octanol–water partition coefficient (Wildman–Crippen LogP) is 2.04. The summed E-state index contributed by atoms with van der Waals surface area (Å²) in [5, 5.41) is 0. The lowest BCUT2D eigenvalue weighted by molar-refractivity contribution is 0.698. The highest BCUT2D eigenvalue weighted by Crippen LogP contribution is 2.42. The highest BCUT2D eigenvalue weighted by atomic mass is 79.9. The van der Waals surface area contributed by atoms with Crippen LogP contribution in [0.2, 0.25) is 0 Å². The van der Waals surface area contributed by atoms with Gasteiger partial charge in [-0.05, 0) is 25.0 Å². The van der Waals surface area contributed by atoms with Gasteiger partial charge in [0.2, 0.25) is 0 Å². The van der Waals surface area contributed by atoms with Crippen LogP contribution in [0, 0.1) is 0 Å². The van der Waals surface area contributed by atoms with Crippen molar-refractivity contribution in [3.63, 3.8) is 0 Å². The monoisotopic (exact) mass is 251 g/mol. The molecule has 0 radical (unpaired) electrons. The quantitative estimate of drug-likeness (QED) is 0.844. The van der Waals surface area contributed by atoms with Crippen LogP contribution in [0.15, 0.2) is 29.0 Å². The number of halogens is 1. The highest BCUT2D eigenvalue weighted by molar-refractivity contribution is 9.10. The zero-order valence-electron chi connectivity index (χ0n) is 7.57. The molecule has 0 aromatic carbocycles. The van der Waals surface area contributed by atoms with Gasteiger partial charge in [0.25, 0.3) is 0 Å². The Morgan fingerprint density at radius 3 is 3.00 bits per heavy atom. The van der Waals surface area contributed by atoms with Gasteiger partial charge in [-0.2, -0.15) is 0 Å². The van der Waals surface area contributed by atoms with Gasteiger partial charge in [0, 0.05) is 10.7 Å². The molecule has 0 bridgehead atoms. The fraction of sp³-hybridized carbons (Fsp3) is 0.300. The standard InChI is InChI=1S/C10H10BrN3/c11-7-1-4-14-8(10(12)2-3-10)6-13-9(14)5-7/h1,4-6H,2-3,12H2. The Bertz CT molecular complexity index is 499. The SMILES string of the molecule is NC1(c2cnc3cc(Br)ccn23)CC1. The molecule has 2 aromatic rings. The average Bonchev–Trinajstić information content (AvgIpc) is 2.77.